The van der Waals surface area contributed by atoms with E-state index in [9.17, 15) is 15.0 Å². The number of hydrogen-bond acceptors (Lipinski definition) is 4. The third kappa shape index (κ3) is 13.6. The van der Waals surface area contributed by atoms with Crippen molar-refractivity contribution in [2.24, 2.45) is 0 Å². The summed E-state index contributed by atoms with van der Waals surface area (Å²) in [6.45, 7) is 5.97. The first-order valence-electron chi connectivity index (χ1n) is 11.7. The van der Waals surface area contributed by atoms with Crippen molar-refractivity contribution in [2.75, 3.05) is 7.11 Å². The molecule has 0 spiro atoms. The van der Waals surface area contributed by atoms with Crippen LogP contribution in [0.2, 0.25) is 0 Å². The summed E-state index contributed by atoms with van der Waals surface area (Å²) in [7, 11) is 1.70. The van der Waals surface area contributed by atoms with E-state index in [0.29, 0.717) is 6.42 Å². The standard InChI is InChI=1S/C28H41NO4/c1-5-6-7-8-15-24-21-25(33-4)19-18-22(2)13-9-11-16-26(30)27(31)20-23(3)14-10-12-17-28(32)29-24/h7-14,16-18,20,24-27,30-31H,5-6,15,19,21H2,1-4H3,(H,29,32)/b8-7+,13-9+,14-10+,16-11-,17-12+,22-18+,23-20-. The average Bonchev–Trinajstić information content (AvgIpc) is 2.78. The molecule has 1 rings (SSSR count). The van der Waals surface area contributed by atoms with Gasteiger partial charge in [-0.15, -0.1) is 0 Å². The van der Waals surface area contributed by atoms with Gasteiger partial charge >= 0.3 is 0 Å². The largest absolute Gasteiger partial charge is 0.386 e. The molecule has 1 amide bonds. The van der Waals surface area contributed by atoms with E-state index in [-0.39, 0.29) is 18.1 Å². The molecule has 4 unspecified atom stereocenters. The van der Waals surface area contributed by atoms with Gasteiger partial charge in [-0.1, -0.05) is 91.3 Å². The maximum atomic E-state index is 12.5. The molecule has 0 saturated carbocycles. The summed E-state index contributed by atoms with van der Waals surface area (Å²) in [6, 6.07) is -0.0276. The number of aliphatic hydroxyl groups excluding tert-OH is 2. The summed E-state index contributed by atoms with van der Waals surface area (Å²) >= 11 is 0. The minimum Gasteiger partial charge on any atom is -0.386 e. The van der Waals surface area contributed by atoms with E-state index in [4.69, 9.17) is 4.74 Å². The lowest BCUT2D eigenvalue weighted by atomic mass is 10.0. The number of rotatable bonds is 5. The second kappa shape index (κ2) is 17.1. The van der Waals surface area contributed by atoms with Crippen molar-refractivity contribution in [3.8, 4) is 0 Å². The van der Waals surface area contributed by atoms with Gasteiger partial charge in [0.25, 0.3) is 0 Å². The third-order valence-electron chi connectivity index (χ3n) is 5.25. The van der Waals surface area contributed by atoms with E-state index in [1.54, 1.807) is 43.6 Å². The van der Waals surface area contributed by atoms with Crippen molar-refractivity contribution in [3.05, 3.63) is 84.1 Å². The van der Waals surface area contributed by atoms with Gasteiger partial charge in [-0.3, -0.25) is 4.79 Å². The Morgan fingerprint density at radius 1 is 1.03 bits per heavy atom. The molecule has 0 saturated heterocycles. The molecule has 33 heavy (non-hydrogen) atoms. The van der Waals surface area contributed by atoms with E-state index < -0.39 is 12.2 Å². The maximum Gasteiger partial charge on any atom is 0.244 e. The van der Waals surface area contributed by atoms with Gasteiger partial charge < -0.3 is 20.3 Å². The predicted octanol–water partition coefficient (Wildman–Crippen LogP) is 4.87. The number of amides is 1. The van der Waals surface area contributed by atoms with E-state index in [1.165, 1.54) is 6.08 Å². The van der Waals surface area contributed by atoms with Crippen LogP contribution in [0, 0.1) is 0 Å². The molecule has 182 valence electrons. The van der Waals surface area contributed by atoms with Crippen LogP contribution in [-0.4, -0.2) is 47.6 Å². The minimum atomic E-state index is -1.02. The smallest absolute Gasteiger partial charge is 0.244 e. The molecular formula is C28H41NO4. The number of nitrogens with one attached hydrogen (secondary N) is 1. The molecule has 0 aromatic carbocycles. The molecule has 0 aromatic rings. The van der Waals surface area contributed by atoms with Gasteiger partial charge in [0.05, 0.1) is 6.10 Å². The Kier molecular flexibility index (Phi) is 14.8. The number of methoxy groups -OCH3 is 1. The Morgan fingerprint density at radius 3 is 2.45 bits per heavy atom. The summed E-state index contributed by atoms with van der Waals surface area (Å²) in [5, 5.41) is 23.3. The Hall–Kier alpha value is -2.47. The molecule has 1 heterocycles. The molecule has 0 radical (unpaired) electrons. The van der Waals surface area contributed by atoms with Crippen LogP contribution >= 0.6 is 0 Å². The third-order valence-corrected chi connectivity index (χ3v) is 5.25. The van der Waals surface area contributed by atoms with Crippen LogP contribution in [0.25, 0.3) is 0 Å². The van der Waals surface area contributed by atoms with Crippen molar-refractivity contribution in [2.45, 2.75) is 77.2 Å². The molecule has 5 nitrogen and oxygen atoms in total. The Bertz CT molecular complexity index is 786. The number of ether oxygens (including phenoxy) is 1. The van der Waals surface area contributed by atoms with E-state index in [0.717, 1.165) is 36.8 Å². The first-order valence-corrected chi connectivity index (χ1v) is 11.7. The normalized spacial score (nSPS) is 33.2. The molecular weight excluding hydrogens is 414 g/mol. The SMILES string of the molecule is CCC/C=C/CC1CC(OC)C/C=C(C)/C=C/C=C\C(O)C(O)\C=C(C)/C=C/C=C/C(=O)N1. The highest BCUT2D eigenvalue weighted by molar-refractivity contribution is 5.88. The van der Waals surface area contributed by atoms with Crippen molar-refractivity contribution in [1.29, 1.82) is 0 Å². The fourth-order valence-corrected chi connectivity index (χ4v) is 3.27. The average molecular weight is 456 g/mol. The van der Waals surface area contributed by atoms with E-state index in [1.807, 2.05) is 26.0 Å². The monoisotopic (exact) mass is 455 g/mol. The lowest BCUT2D eigenvalue weighted by molar-refractivity contribution is -0.117. The Balaban J connectivity index is 3.09. The molecule has 1 aliphatic heterocycles. The maximum absolute atomic E-state index is 12.5. The van der Waals surface area contributed by atoms with Gasteiger partial charge in [-0.2, -0.15) is 0 Å². The van der Waals surface area contributed by atoms with Crippen molar-refractivity contribution >= 4 is 5.91 Å². The number of aliphatic hydroxyl groups is 2. The van der Waals surface area contributed by atoms with E-state index in [2.05, 4.69) is 30.5 Å². The quantitative estimate of drug-likeness (QED) is 0.517. The van der Waals surface area contributed by atoms with Crippen LogP contribution in [0.3, 0.4) is 0 Å². The second-order valence-corrected chi connectivity index (χ2v) is 8.33. The first-order chi connectivity index (χ1) is 15.8. The molecule has 4 atom stereocenters. The molecule has 3 N–H and O–H groups in total. The van der Waals surface area contributed by atoms with Crippen LogP contribution in [0.5, 0.6) is 0 Å². The van der Waals surface area contributed by atoms with Gasteiger partial charge in [-0.05, 0) is 39.5 Å². The topological polar surface area (TPSA) is 78.8 Å². The number of allylic oxidation sites excluding steroid dienone is 9. The molecule has 5 heteroatoms. The summed E-state index contributed by atoms with van der Waals surface area (Å²) in [5.74, 6) is -0.158. The fourth-order valence-electron chi connectivity index (χ4n) is 3.27. The summed E-state index contributed by atoms with van der Waals surface area (Å²) in [4.78, 5) is 12.5. The van der Waals surface area contributed by atoms with Crippen LogP contribution in [-0.2, 0) is 9.53 Å². The van der Waals surface area contributed by atoms with Crippen LogP contribution in [0.4, 0.5) is 0 Å². The number of carbonyl (C=O) groups excluding carboxylic acids is 1. The summed E-state index contributed by atoms with van der Waals surface area (Å²) in [6.07, 6.45) is 24.0. The van der Waals surface area contributed by atoms with E-state index >= 15 is 0 Å². The minimum absolute atomic E-state index is 0.0204. The van der Waals surface area contributed by atoms with Gasteiger partial charge in [0.2, 0.25) is 5.91 Å². The van der Waals surface area contributed by atoms with Gasteiger partial charge in [0, 0.05) is 19.2 Å². The zero-order valence-corrected chi connectivity index (χ0v) is 20.5. The molecule has 1 aliphatic rings. The predicted molar refractivity (Wildman–Crippen MR) is 137 cm³/mol. The lowest BCUT2D eigenvalue weighted by Gasteiger charge is -2.22. The number of hydrogen-bond donors (Lipinski definition) is 3. The van der Waals surface area contributed by atoms with Crippen molar-refractivity contribution in [1.82, 2.24) is 5.32 Å². The fraction of sp³-hybridized carbons (Fsp3) is 0.464. The highest BCUT2D eigenvalue weighted by Crippen LogP contribution is 2.13. The number of carbonyl (C=O) groups is 1. The Morgan fingerprint density at radius 2 is 1.73 bits per heavy atom. The van der Waals surface area contributed by atoms with Gasteiger partial charge in [0.15, 0.2) is 0 Å². The van der Waals surface area contributed by atoms with Crippen LogP contribution in [0.1, 0.15) is 52.9 Å². The molecule has 0 bridgehead atoms. The second-order valence-electron chi connectivity index (χ2n) is 8.33. The van der Waals surface area contributed by atoms with Crippen LogP contribution in [0.15, 0.2) is 84.1 Å². The van der Waals surface area contributed by atoms with Crippen molar-refractivity contribution < 1.29 is 19.7 Å². The van der Waals surface area contributed by atoms with Gasteiger partial charge in [-0.25, -0.2) is 0 Å². The zero-order valence-electron chi connectivity index (χ0n) is 20.5. The summed E-state index contributed by atoms with van der Waals surface area (Å²) < 4.78 is 5.69. The molecule has 0 aliphatic carbocycles. The highest BCUT2D eigenvalue weighted by atomic mass is 16.5. The highest BCUT2D eigenvalue weighted by Gasteiger charge is 2.16. The van der Waals surface area contributed by atoms with Gasteiger partial charge in [0.1, 0.15) is 12.2 Å². The van der Waals surface area contributed by atoms with Crippen LogP contribution < -0.4 is 5.32 Å². The zero-order chi connectivity index (χ0) is 24.5. The lowest BCUT2D eigenvalue weighted by Crippen LogP contribution is -2.36. The summed E-state index contributed by atoms with van der Waals surface area (Å²) in [5.41, 5.74) is 1.85. The Labute approximate surface area is 199 Å². The first kappa shape index (κ1) is 28.6. The molecule has 0 fully saturated rings. The van der Waals surface area contributed by atoms with Crippen molar-refractivity contribution in [3.63, 3.8) is 0 Å². The molecule has 0 aromatic heterocycles. The number of unbranched alkanes of at least 4 members (excludes halogenated alkanes) is 1.